The van der Waals surface area contributed by atoms with Crippen LogP contribution in [-0.4, -0.2) is 39.4 Å². The number of sulfonamides is 1. The van der Waals surface area contributed by atoms with Gasteiger partial charge in [-0.1, -0.05) is 12.1 Å². The maximum absolute atomic E-state index is 13.1. The first-order valence-corrected chi connectivity index (χ1v) is 10.7. The van der Waals surface area contributed by atoms with Crippen LogP contribution < -0.4 is 18.9 Å². The van der Waals surface area contributed by atoms with Crippen LogP contribution in [0.4, 0.5) is 5.69 Å². The minimum Gasteiger partial charge on any atom is -0.497 e. The van der Waals surface area contributed by atoms with E-state index in [9.17, 15) is 8.42 Å². The molecule has 30 heavy (non-hydrogen) atoms. The number of ether oxygens (including phenoxy) is 3. The quantitative estimate of drug-likeness (QED) is 0.545. The van der Waals surface area contributed by atoms with Gasteiger partial charge in [-0.2, -0.15) is 4.98 Å². The number of benzene rings is 2. The van der Waals surface area contributed by atoms with Crippen molar-refractivity contribution < 1.29 is 27.2 Å². The molecule has 1 N–H and O–H groups in total. The average molecular weight is 433 g/mol. The SMILES string of the molecule is CCOc1ccc(S(=O)(=O)Nc2cc(OC)ccc2OC)cc1-c1nc(CC)no1. The van der Waals surface area contributed by atoms with Crippen LogP contribution in [0.1, 0.15) is 19.7 Å². The summed E-state index contributed by atoms with van der Waals surface area (Å²) in [7, 11) is -1.02. The molecule has 1 aromatic heterocycles. The van der Waals surface area contributed by atoms with E-state index in [0.29, 0.717) is 41.7 Å². The van der Waals surface area contributed by atoms with E-state index in [2.05, 4.69) is 14.9 Å². The summed E-state index contributed by atoms with van der Waals surface area (Å²) in [4.78, 5) is 4.29. The topological polar surface area (TPSA) is 113 Å². The van der Waals surface area contributed by atoms with Crippen LogP contribution in [0.25, 0.3) is 11.5 Å². The number of aromatic nitrogens is 2. The van der Waals surface area contributed by atoms with Gasteiger partial charge in [0.05, 0.1) is 37.0 Å². The Morgan fingerprint density at radius 3 is 2.43 bits per heavy atom. The fraction of sp³-hybridized carbons (Fsp3) is 0.300. The molecule has 0 saturated heterocycles. The number of rotatable bonds is 9. The fourth-order valence-electron chi connectivity index (χ4n) is 2.73. The van der Waals surface area contributed by atoms with Crippen LogP contribution in [0.3, 0.4) is 0 Å². The molecule has 0 unspecified atom stereocenters. The van der Waals surface area contributed by atoms with Crippen molar-refractivity contribution in [3.8, 4) is 28.7 Å². The molecule has 0 aliphatic heterocycles. The van der Waals surface area contributed by atoms with Gasteiger partial charge in [-0.15, -0.1) is 0 Å². The zero-order valence-corrected chi connectivity index (χ0v) is 17.9. The number of nitrogens with one attached hydrogen (secondary N) is 1. The molecule has 0 atom stereocenters. The van der Waals surface area contributed by atoms with E-state index in [-0.39, 0.29) is 16.5 Å². The largest absolute Gasteiger partial charge is 0.497 e. The van der Waals surface area contributed by atoms with Crippen molar-refractivity contribution in [3.63, 3.8) is 0 Å². The second-order valence-corrected chi connectivity index (χ2v) is 7.81. The molecule has 10 heteroatoms. The number of aryl methyl sites for hydroxylation is 1. The van der Waals surface area contributed by atoms with E-state index in [0.717, 1.165) is 0 Å². The summed E-state index contributed by atoms with van der Waals surface area (Å²) < 4.78 is 50.0. The third-order valence-electron chi connectivity index (χ3n) is 4.23. The Bertz CT molecular complexity index is 1130. The van der Waals surface area contributed by atoms with E-state index < -0.39 is 10.0 Å². The van der Waals surface area contributed by atoms with Gasteiger partial charge in [0.25, 0.3) is 15.9 Å². The summed E-state index contributed by atoms with van der Waals surface area (Å²) >= 11 is 0. The van der Waals surface area contributed by atoms with Gasteiger partial charge in [-0.05, 0) is 37.3 Å². The van der Waals surface area contributed by atoms with Crippen LogP contribution in [0.15, 0.2) is 45.8 Å². The van der Waals surface area contributed by atoms with Crippen LogP contribution in [0, 0.1) is 0 Å². The molecular formula is C20H23N3O6S. The van der Waals surface area contributed by atoms with Gasteiger partial charge in [0.2, 0.25) is 0 Å². The van der Waals surface area contributed by atoms with Gasteiger partial charge < -0.3 is 18.7 Å². The lowest BCUT2D eigenvalue weighted by Crippen LogP contribution is -2.14. The van der Waals surface area contributed by atoms with Gasteiger partial charge in [-0.3, -0.25) is 4.72 Å². The second kappa shape index (κ2) is 9.04. The van der Waals surface area contributed by atoms with Gasteiger partial charge in [0.1, 0.15) is 17.2 Å². The summed E-state index contributed by atoms with van der Waals surface area (Å²) in [5.41, 5.74) is 0.642. The monoisotopic (exact) mass is 433 g/mol. The van der Waals surface area contributed by atoms with E-state index in [4.69, 9.17) is 18.7 Å². The zero-order chi connectivity index (χ0) is 21.7. The molecule has 2 aromatic carbocycles. The standard InChI is InChI=1S/C20H23N3O6S/c1-5-19-21-20(29-22-19)15-12-14(8-10-17(15)28-6-2)30(24,25)23-16-11-13(26-3)7-9-18(16)27-4/h7-12,23H,5-6H2,1-4H3. The van der Waals surface area contributed by atoms with Crippen molar-refractivity contribution in [1.82, 2.24) is 10.1 Å². The second-order valence-electron chi connectivity index (χ2n) is 6.13. The first-order chi connectivity index (χ1) is 14.4. The van der Waals surface area contributed by atoms with Crippen molar-refractivity contribution in [2.75, 3.05) is 25.5 Å². The minimum absolute atomic E-state index is 0.00192. The molecule has 0 bridgehead atoms. The van der Waals surface area contributed by atoms with Crippen LogP contribution in [0.5, 0.6) is 17.2 Å². The Labute approximate surface area is 175 Å². The molecule has 0 aliphatic carbocycles. The van der Waals surface area contributed by atoms with Gasteiger partial charge in [0, 0.05) is 12.5 Å². The molecule has 3 rings (SSSR count). The lowest BCUT2D eigenvalue weighted by atomic mass is 10.2. The molecule has 0 spiro atoms. The Morgan fingerprint density at radius 2 is 1.80 bits per heavy atom. The number of methoxy groups -OCH3 is 2. The maximum atomic E-state index is 13.1. The molecule has 9 nitrogen and oxygen atoms in total. The van der Waals surface area contributed by atoms with E-state index in [1.165, 1.54) is 32.4 Å². The van der Waals surface area contributed by atoms with Crippen LogP contribution in [-0.2, 0) is 16.4 Å². The summed E-state index contributed by atoms with van der Waals surface area (Å²) in [6.45, 7) is 4.12. The average Bonchev–Trinajstić information content (AvgIpc) is 3.23. The van der Waals surface area contributed by atoms with E-state index in [1.807, 2.05) is 13.8 Å². The highest BCUT2D eigenvalue weighted by atomic mass is 32.2. The Morgan fingerprint density at radius 1 is 1.03 bits per heavy atom. The first-order valence-electron chi connectivity index (χ1n) is 9.26. The van der Waals surface area contributed by atoms with Crippen LogP contribution in [0.2, 0.25) is 0 Å². The summed E-state index contributed by atoms with van der Waals surface area (Å²) in [6, 6.07) is 9.27. The molecule has 3 aromatic rings. The Kier molecular flexibility index (Phi) is 6.46. The lowest BCUT2D eigenvalue weighted by molar-refractivity contribution is 0.339. The van der Waals surface area contributed by atoms with Gasteiger partial charge in [-0.25, -0.2) is 8.42 Å². The van der Waals surface area contributed by atoms with E-state index in [1.54, 1.807) is 18.2 Å². The molecule has 0 aliphatic rings. The maximum Gasteiger partial charge on any atom is 0.262 e. The number of hydrogen-bond donors (Lipinski definition) is 1. The highest BCUT2D eigenvalue weighted by Crippen LogP contribution is 2.34. The smallest absolute Gasteiger partial charge is 0.262 e. The number of nitrogens with zero attached hydrogens (tertiary/aromatic N) is 2. The summed E-state index contributed by atoms with van der Waals surface area (Å²) in [6.07, 6.45) is 0.586. The minimum atomic E-state index is -3.96. The van der Waals surface area contributed by atoms with Crippen molar-refractivity contribution >= 4 is 15.7 Å². The molecular weight excluding hydrogens is 410 g/mol. The predicted molar refractivity (Wildman–Crippen MR) is 111 cm³/mol. The summed E-state index contributed by atoms with van der Waals surface area (Å²) in [5.74, 6) is 1.99. The van der Waals surface area contributed by atoms with Crippen molar-refractivity contribution in [2.45, 2.75) is 25.2 Å². The first kappa shape index (κ1) is 21.4. The third kappa shape index (κ3) is 4.48. The predicted octanol–water partition coefficient (Wildman–Crippen LogP) is 3.52. The molecule has 1 heterocycles. The lowest BCUT2D eigenvalue weighted by Gasteiger charge is -2.14. The third-order valence-corrected chi connectivity index (χ3v) is 5.59. The molecule has 0 saturated carbocycles. The van der Waals surface area contributed by atoms with Gasteiger partial charge in [0.15, 0.2) is 5.82 Å². The summed E-state index contributed by atoms with van der Waals surface area (Å²) in [5, 5.41) is 3.88. The molecule has 0 amide bonds. The van der Waals surface area contributed by atoms with Crippen LogP contribution >= 0.6 is 0 Å². The van der Waals surface area contributed by atoms with E-state index >= 15 is 0 Å². The highest BCUT2D eigenvalue weighted by molar-refractivity contribution is 7.92. The molecule has 0 radical (unpaired) electrons. The number of anilines is 1. The normalized spacial score (nSPS) is 11.2. The van der Waals surface area contributed by atoms with Gasteiger partial charge >= 0.3 is 0 Å². The Hall–Kier alpha value is -3.27. The highest BCUT2D eigenvalue weighted by Gasteiger charge is 2.22. The molecule has 160 valence electrons. The molecule has 0 fully saturated rings. The Balaban J connectivity index is 2.03. The van der Waals surface area contributed by atoms with Crippen molar-refractivity contribution in [1.29, 1.82) is 0 Å². The number of hydrogen-bond acceptors (Lipinski definition) is 8. The van der Waals surface area contributed by atoms with Crippen molar-refractivity contribution in [2.24, 2.45) is 0 Å². The fourth-order valence-corrected chi connectivity index (χ4v) is 3.82. The van der Waals surface area contributed by atoms with Crippen molar-refractivity contribution in [3.05, 3.63) is 42.2 Å². The zero-order valence-electron chi connectivity index (χ0n) is 17.1.